The van der Waals surface area contributed by atoms with Crippen molar-refractivity contribution in [1.82, 2.24) is 0 Å². The van der Waals surface area contributed by atoms with Crippen LogP contribution in [0.15, 0.2) is 18.2 Å². The van der Waals surface area contributed by atoms with Crippen molar-refractivity contribution in [2.75, 3.05) is 0 Å². The molecular formula is C18H12Cl18. The SMILES string of the molecule is CC(C)Cc1c(C(Cl)(Cl)C(Cl)(Cl)C(Cl)(Cl)C(Cl)(Cl)Cl)cccc1C(Cl)(Cl)C(Cl)(Cl)C(Cl)(Cl)C(Cl)(Cl)Cl. The van der Waals surface area contributed by atoms with Crippen molar-refractivity contribution in [3.8, 4) is 0 Å². The number of hydrogen-bond acceptors (Lipinski definition) is 0. The summed E-state index contributed by atoms with van der Waals surface area (Å²) in [6.07, 6.45) is 0.179. The normalized spacial score (nSPS) is 15.6. The van der Waals surface area contributed by atoms with E-state index in [1.807, 2.05) is 13.8 Å². The number of hydrogen-bond donors (Lipinski definition) is 0. The Bertz CT molecular complexity index is 866. The standard InChI is InChI=1S/C18H12Cl18/c1-7(2)6-8-9(11(19,20)13(23,24)15(27,28)17(31,32)33)4-3-5-10(8)12(21,22)14(25,26)16(29,30)18(34,35)36/h3-5,7H,6H2,1-2H3. The average Bonchev–Trinajstić information content (AvgIpc) is 2.64. The molecule has 0 fully saturated rings. The highest BCUT2D eigenvalue weighted by Gasteiger charge is 2.71. The molecule has 18 heteroatoms. The maximum Gasteiger partial charge on any atom is 0.226 e. The summed E-state index contributed by atoms with van der Waals surface area (Å²) in [6.45, 7) is 3.70. The molecule has 0 aliphatic carbocycles. The first-order valence-corrected chi connectivity index (χ1v) is 15.9. The Kier molecular flexibility index (Phi) is 13.3. The van der Waals surface area contributed by atoms with Crippen LogP contribution in [0.5, 0.6) is 0 Å². The van der Waals surface area contributed by atoms with E-state index in [-0.39, 0.29) is 29.0 Å². The Morgan fingerprint density at radius 3 is 1.00 bits per heavy atom. The maximum atomic E-state index is 6.72. The van der Waals surface area contributed by atoms with Gasteiger partial charge in [-0.25, -0.2) is 0 Å². The highest BCUT2D eigenvalue weighted by atomic mass is 35.6. The lowest BCUT2D eigenvalue weighted by molar-refractivity contribution is 0.566. The molecule has 1 aromatic rings. The minimum Gasteiger partial charge on any atom is -0.0943 e. The minimum absolute atomic E-state index is 0.000366. The van der Waals surface area contributed by atoms with Gasteiger partial charge < -0.3 is 0 Å². The lowest BCUT2D eigenvalue weighted by Crippen LogP contribution is -2.56. The Morgan fingerprint density at radius 1 is 0.500 bits per heavy atom. The van der Waals surface area contributed by atoms with Gasteiger partial charge in [0.15, 0.2) is 17.3 Å². The van der Waals surface area contributed by atoms with E-state index in [1.165, 1.54) is 18.2 Å². The summed E-state index contributed by atoms with van der Waals surface area (Å²) >= 11 is 114. The van der Waals surface area contributed by atoms with E-state index >= 15 is 0 Å². The van der Waals surface area contributed by atoms with Crippen molar-refractivity contribution in [2.45, 2.75) is 53.9 Å². The lowest BCUT2D eigenvalue weighted by atomic mass is 9.87. The summed E-state index contributed by atoms with van der Waals surface area (Å²) in [5.74, 6) is -0.0897. The molecule has 0 nitrogen and oxygen atoms in total. The van der Waals surface area contributed by atoms with Crippen molar-refractivity contribution >= 4 is 209 Å². The number of halogens is 18. The molecule has 0 aliphatic rings. The second-order valence-corrected chi connectivity index (χ2v) is 20.4. The van der Waals surface area contributed by atoms with Gasteiger partial charge in [0.25, 0.3) is 0 Å². The van der Waals surface area contributed by atoms with E-state index in [4.69, 9.17) is 209 Å². The zero-order chi connectivity index (χ0) is 29.1. The van der Waals surface area contributed by atoms with Crippen molar-refractivity contribution in [1.29, 1.82) is 0 Å². The van der Waals surface area contributed by atoms with Gasteiger partial charge in [0.2, 0.25) is 16.3 Å². The number of benzene rings is 1. The summed E-state index contributed by atoms with van der Waals surface area (Å²) in [4.78, 5) is 0. The van der Waals surface area contributed by atoms with Gasteiger partial charge in [0.05, 0.1) is 0 Å². The maximum absolute atomic E-state index is 6.72. The van der Waals surface area contributed by atoms with Gasteiger partial charge in [-0.15, -0.1) is 0 Å². The predicted octanol–water partition coefficient (Wildman–Crippen LogP) is 13.6. The van der Waals surface area contributed by atoms with Crippen LogP contribution in [-0.4, -0.2) is 24.9 Å². The Labute approximate surface area is 299 Å². The van der Waals surface area contributed by atoms with Gasteiger partial charge in [-0.2, -0.15) is 0 Å². The predicted molar refractivity (Wildman–Crippen MR) is 170 cm³/mol. The topological polar surface area (TPSA) is 0 Å². The molecule has 0 N–H and O–H groups in total. The number of alkyl halides is 18. The number of rotatable bonds is 8. The van der Waals surface area contributed by atoms with Crippen LogP contribution < -0.4 is 0 Å². The average molecular weight is 866 g/mol. The fourth-order valence-electron chi connectivity index (χ4n) is 2.89. The fraction of sp³-hybridized carbons (Fsp3) is 0.667. The highest BCUT2D eigenvalue weighted by Crippen LogP contribution is 2.68. The van der Waals surface area contributed by atoms with Crippen LogP contribution in [-0.2, 0) is 15.1 Å². The summed E-state index contributed by atoms with van der Waals surface area (Å²) in [6, 6.07) is 4.28. The van der Waals surface area contributed by atoms with Gasteiger partial charge in [0.1, 0.15) is 0 Å². The third kappa shape index (κ3) is 6.89. The molecular weight excluding hydrogens is 854 g/mol. The van der Waals surface area contributed by atoms with E-state index in [0.717, 1.165) is 0 Å². The van der Waals surface area contributed by atoms with E-state index in [0.29, 0.717) is 0 Å². The van der Waals surface area contributed by atoms with Crippen molar-refractivity contribution in [3.05, 3.63) is 34.9 Å². The molecule has 0 heterocycles. The van der Waals surface area contributed by atoms with Gasteiger partial charge in [0, 0.05) is 0 Å². The fourth-order valence-corrected chi connectivity index (χ4v) is 7.53. The summed E-state index contributed by atoms with van der Waals surface area (Å²) in [5, 5.41) is 0. The van der Waals surface area contributed by atoms with E-state index in [2.05, 4.69) is 0 Å². The van der Waals surface area contributed by atoms with Crippen molar-refractivity contribution in [3.63, 3.8) is 0 Å². The first kappa shape index (κ1) is 38.5. The molecule has 0 saturated heterocycles. The minimum atomic E-state index is -2.58. The van der Waals surface area contributed by atoms with E-state index < -0.39 is 33.6 Å². The Hall–Kier alpha value is 4.44. The molecule has 210 valence electrons. The first-order chi connectivity index (χ1) is 15.5. The van der Waals surface area contributed by atoms with Crippen LogP contribution in [0.3, 0.4) is 0 Å². The molecule has 36 heavy (non-hydrogen) atoms. The second kappa shape index (κ2) is 12.4. The highest BCUT2D eigenvalue weighted by molar-refractivity contribution is 6.81. The van der Waals surface area contributed by atoms with Crippen molar-refractivity contribution in [2.24, 2.45) is 5.92 Å². The molecule has 0 bridgehead atoms. The molecule has 0 aromatic heterocycles. The summed E-state index contributed by atoms with van der Waals surface area (Å²) in [7, 11) is 0. The molecule has 1 rings (SSSR count). The van der Waals surface area contributed by atoms with Crippen LogP contribution in [0.1, 0.15) is 30.5 Å². The largest absolute Gasteiger partial charge is 0.226 e. The molecule has 0 atom stereocenters. The van der Waals surface area contributed by atoms with Crippen molar-refractivity contribution < 1.29 is 0 Å². The quantitative estimate of drug-likeness (QED) is 0.228. The molecule has 1 aromatic carbocycles. The van der Waals surface area contributed by atoms with Gasteiger partial charge in [-0.1, -0.05) is 241 Å². The first-order valence-electron chi connectivity index (χ1n) is 9.06. The van der Waals surface area contributed by atoms with Crippen LogP contribution in [0.25, 0.3) is 0 Å². The molecule has 0 radical (unpaired) electrons. The molecule has 0 saturated carbocycles. The molecule has 0 spiro atoms. The summed E-state index contributed by atoms with van der Waals surface area (Å²) < 4.78 is -20.0. The molecule has 0 amide bonds. The Morgan fingerprint density at radius 2 is 0.778 bits per heavy atom. The Balaban J connectivity index is 4.06. The van der Waals surface area contributed by atoms with E-state index in [1.54, 1.807) is 0 Å². The third-order valence-corrected chi connectivity index (χ3v) is 15.6. The van der Waals surface area contributed by atoms with Gasteiger partial charge >= 0.3 is 0 Å². The van der Waals surface area contributed by atoms with Gasteiger partial charge in [-0.3, -0.25) is 0 Å². The van der Waals surface area contributed by atoms with E-state index in [9.17, 15) is 0 Å². The lowest BCUT2D eigenvalue weighted by Gasteiger charge is -2.46. The molecule has 0 unspecified atom stereocenters. The van der Waals surface area contributed by atoms with Crippen LogP contribution in [0.2, 0.25) is 0 Å². The monoisotopic (exact) mass is 858 g/mol. The van der Waals surface area contributed by atoms with Crippen LogP contribution in [0.4, 0.5) is 0 Å². The smallest absolute Gasteiger partial charge is 0.0943 e. The van der Waals surface area contributed by atoms with Gasteiger partial charge in [-0.05, 0) is 29.0 Å². The third-order valence-electron chi connectivity index (χ3n) is 4.75. The van der Waals surface area contributed by atoms with Crippen LogP contribution >= 0.6 is 209 Å². The summed E-state index contributed by atoms with van der Waals surface area (Å²) in [5.41, 5.74) is 0.238. The zero-order valence-electron chi connectivity index (χ0n) is 17.3. The second-order valence-electron chi connectivity index (χ2n) is 7.87. The van der Waals surface area contributed by atoms with Crippen LogP contribution in [0, 0.1) is 5.92 Å². The molecule has 0 aliphatic heterocycles. The zero-order valence-corrected chi connectivity index (χ0v) is 30.9.